The molecule has 4 nitrogen and oxygen atoms in total. The second-order valence-corrected chi connectivity index (χ2v) is 8.43. The molecular formula is C20H25N3O. The quantitative estimate of drug-likeness (QED) is 0.618. The molecule has 4 heteroatoms. The Hall–Kier alpha value is -2.23. The monoisotopic (exact) mass is 323 g/mol. The maximum atomic E-state index is 6.11. The first-order valence-corrected chi connectivity index (χ1v) is 8.30. The van der Waals surface area contributed by atoms with Crippen molar-refractivity contribution in [2.24, 2.45) is 0 Å². The first-order chi connectivity index (χ1) is 11.1. The zero-order valence-electron chi connectivity index (χ0n) is 15.6. The molecule has 0 atom stereocenters. The van der Waals surface area contributed by atoms with E-state index in [0.717, 1.165) is 16.8 Å². The van der Waals surface area contributed by atoms with Crippen LogP contribution in [0.15, 0.2) is 28.9 Å². The van der Waals surface area contributed by atoms with Crippen molar-refractivity contribution in [1.29, 1.82) is 0 Å². The Bertz CT molecular complexity index is 878. The van der Waals surface area contributed by atoms with Crippen LogP contribution in [-0.4, -0.2) is 15.0 Å². The van der Waals surface area contributed by atoms with Gasteiger partial charge in [0.1, 0.15) is 11.2 Å². The number of nitrogens with zero attached hydrogens (tertiary/aromatic N) is 3. The molecule has 0 aliphatic rings. The molecule has 0 aliphatic heterocycles. The third-order valence-electron chi connectivity index (χ3n) is 4.16. The van der Waals surface area contributed by atoms with Crippen LogP contribution in [0.3, 0.4) is 0 Å². The number of oxazole rings is 1. The van der Waals surface area contributed by atoms with Crippen LogP contribution in [0.5, 0.6) is 0 Å². The Morgan fingerprint density at radius 2 is 1.58 bits per heavy atom. The lowest BCUT2D eigenvalue weighted by atomic mass is 9.80. The average Bonchev–Trinajstić information content (AvgIpc) is 2.88. The van der Waals surface area contributed by atoms with Gasteiger partial charge in [-0.25, -0.2) is 9.97 Å². The molecule has 126 valence electrons. The summed E-state index contributed by atoms with van der Waals surface area (Å²) in [5.41, 5.74) is 5.71. The number of aryl methyl sites for hydroxylation is 1. The van der Waals surface area contributed by atoms with Crippen LogP contribution < -0.4 is 0 Å². The van der Waals surface area contributed by atoms with Gasteiger partial charge in [0.05, 0.1) is 11.9 Å². The fourth-order valence-corrected chi connectivity index (χ4v) is 2.64. The molecule has 1 aromatic carbocycles. The summed E-state index contributed by atoms with van der Waals surface area (Å²) < 4.78 is 6.11. The highest BCUT2D eigenvalue weighted by molar-refractivity contribution is 5.81. The maximum absolute atomic E-state index is 6.11. The van der Waals surface area contributed by atoms with Crippen LogP contribution >= 0.6 is 0 Å². The van der Waals surface area contributed by atoms with E-state index in [9.17, 15) is 0 Å². The number of benzene rings is 1. The van der Waals surface area contributed by atoms with Crippen molar-refractivity contribution in [3.05, 3.63) is 41.3 Å². The Morgan fingerprint density at radius 1 is 0.875 bits per heavy atom. The SMILES string of the molecule is Cc1cnc(-c2nc3cc(C(C)(C)C)cc(C(C)(C)C)c3o2)cn1. The molecule has 2 aromatic heterocycles. The van der Waals surface area contributed by atoms with E-state index in [1.54, 1.807) is 12.4 Å². The fourth-order valence-electron chi connectivity index (χ4n) is 2.64. The van der Waals surface area contributed by atoms with Crippen LogP contribution in [0.4, 0.5) is 0 Å². The van der Waals surface area contributed by atoms with E-state index in [1.165, 1.54) is 11.1 Å². The molecule has 0 bridgehead atoms. The zero-order chi connectivity index (χ0) is 17.7. The number of hydrogen-bond donors (Lipinski definition) is 0. The third-order valence-corrected chi connectivity index (χ3v) is 4.16. The largest absolute Gasteiger partial charge is 0.434 e. The fraction of sp³-hybridized carbons (Fsp3) is 0.450. The summed E-state index contributed by atoms with van der Waals surface area (Å²) in [6.45, 7) is 15.1. The highest BCUT2D eigenvalue weighted by atomic mass is 16.3. The predicted molar refractivity (Wildman–Crippen MR) is 97.2 cm³/mol. The van der Waals surface area contributed by atoms with Crippen LogP contribution in [0.1, 0.15) is 58.4 Å². The smallest absolute Gasteiger partial charge is 0.247 e. The molecular weight excluding hydrogens is 298 g/mol. The van der Waals surface area contributed by atoms with Gasteiger partial charge in [0, 0.05) is 11.8 Å². The standard InChI is InChI=1S/C20H25N3O/c1-12-10-22-16(11-21-12)18-23-15-9-13(19(2,3)4)8-14(17(15)24-18)20(5,6)7/h8-11H,1-7H3. The van der Waals surface area contributed by atoms with E-state index in [4.69, 9.17) is 9.40 Å². The molecule has 24 heavy (non-hydrogen) atoms. The zero-order valence-corrected chi connectivity index (χ0v) is 15.6. The van der Waals surface area contributed by atoms with Crippen LogP contribution in [0.25, 0.3) is 22.7 Å². The minimum atomic E-state index is -0.0325. The van der Waals surface area contributed by atoms with E-state index in [-0.39, 0.29) is 10.8 Å². The van der Waals surface area contributed by atoms with Crippen molar-refractivity contribution in [2.45, 2.75) is 59.3 Å². The van der Waals surface area contributed by atoms with Gasteiger partial charge in [0.15, 0.2) is 5.58 Å². The van der Waals surface area contributed by atoms with Crippen molar-refractivity contribution in [2.75, 3.05) is 0 Å². The molecule has 0 saturated carbocycles. The van der Waals surface area contributed by atoms with Gasteiger partial charge in [-0.15, -0.1) is 0 Å². The molecule has 2 heterocycles. The summed E-state index contributed by atoms with van der Waals surface area (Å²) in [5, 5.41) is 0. The molecule has 3 rings (SSSR count). The summed E-state index contributed by atoms with van der Waals surface area (Å²) in [6, 6.07) is 4.37. The normalized spacial score (nSPS) is 12.8. The minimum Gasteiger partial charge on any atom is -0.434 e. The Labute approximate surface area is 143 Å². The van der Waals surface area contributed by atoms with Crippen molar-refractivity contribution in [1.82, 2.24) is 15.0 Å². The maximum Gasteiger partial charge on any atom is 0.247 e. The number of hydrogen-bond acceptors (Lipinski definition) is 4. The van der Waals surface area contributed by atoms with Gasteiger partial charge in [0.25, 0.3) is 0 Å². The van der Waals surface area contributed by atoms with Crippen LogP contribution in [0, 0.1) is 6.92 Å². The second-order valence-electron chi connectivity index (χ2n) is 8.43. The van der Waals surface area contributed by atoms with Gasteiger partial charge in [-0.1, -0.05) is 47.6 Å². The predicted octanol–water partition coefficient (Wildman–Crippen LogP) is 5.19. The molecule has 0 unspecified atom stereocenters. The summed E-state index contributed by atoms with van der Waals surface area (Å²) in [7, 11) is 0. The van der Waals surface area contributed by atoms with Crippen LogP contribution in [0.2, 0.25) is 0 Å². The van der Waals surface area contributed by atoms with E-state index in [2.05, 4.69) is 63.6 Å². The van der Waals surface area contributed by atoms with Gasteiger partial charge in [0.2, 0.25) is 5.89 Å². The van der Waals surface area contributed by atoms with Gasteiger partial charge in [-0.2, -0.15) is 0 Å². The van der Waals surface area contributed by atoms with Crippen molar-refractivity contribution in [3.8, 4) is 11.6 Å². The van der Waals surface area contributed by atoms with Crippen molar-refractivity contribution < 1.29 is 4.42 Å². The van der Waals surface area contributed by atoms with Gasteiger partial charge < -0.3 is 4.42 Å². The molecule has 0 fully saturated rings. The summed E-state index contributed by atoms with van der Waals surface area (Å²) >= 11 is 0. The Morgan fingerprint density at radius 3 is 2.12 bits per heavy atom. The Balaban J connectivity index is 2.26. The molecule has 3 aromatic rings. The molecule has 0 N–H and O–H groups in total. The van der Waals surface area contributed by atoms with Crippen LogP contribution in [-0.2, 0) is 10.8 Å². The first kappa shape index (κ1) is 16.6. The molecule has 0 spiro atoms. The first-order valence-electron chi connectivity index (χ1n) is 8.30. The van der Waals surface area contributed by atoms with Gasteiger partial charge in [-0.3, -0.25) is 4.98 Å². The number of fused-ring (bicyclic) bond motifs is 1. The summed E-state index contributed by atoms with van der Waals surface area (Å²) in [4.78, 5) is 13.4. The summed E-state index contributed by atoms with van der Waals surface area (Å²) in [6.07, 6.45) is 3.44. The lowest BCUT2D eigenvalue weighted by molar-refractivity contribution is 0.551. The lowest BCUT2D eigenvalue weighted by Crippen LogP contribution is -2.16. The molecule has 0 aliphatic carbocycles. The van der Waals surface area contributed by atoms with E-state index < -0.39 is 0 Å². The lowest BCUT2D eigenvalue weighted by Gasteiger charge is -2.24. The second kappa shape index (κ2) is 5.40. The molecule has 0 saturated heterocycles. The molecule has 0 radical (unpaired) electrons. The minimum absolute atomic E-state index is 0.0325. The highest BCUT2D eigenvalue weighted by Crippen LogP contribution is 2.36. The average molecular weight is 323 g/mol. The van der Waals surface area contributed by atoms with Crippen molar-refractivity contribution >= 4 is 11.1 Å². The number of rotatable bonds is 1. The van der Waals surface area contributed by atoms with E-state index >= 15 is 0 Å². The molecule has 0 amide bonds. The van der Waals surface area contributed by atoms with E-state index in [1.807, 2.05) is 6.92 Å². The van der Waals surface area contributed by atoms with E-state index in [0.29, 0.717) is 11.6 Å². The highest BCUT2D eigenvalue weighted by Gasteiger charge is 2.25. The Kier molecular flexibility index (Phi) is 3.74. The topological polar surface area (TPSA) is 51.8 Å². The summed E-state index contributed by atoms with van der Waals surface area (Å²) in [5.74, 6) is 0.522. The van der Waals surface area contributed by atoms with Gasteiger partial charge in [-0.05, 0) is 29.4 Å². The van der Waals surface area contributed by atoms with Gasteiger partial charge >= 0.3 is 0 Å². The number of aromatic nitrogens is 3. The van der Waals surface area contributed by atoms with Crippen molar-refractivity contribution in [3.63, 3.8) is 0 Å². The third kappa shape index (κ3) is 3.05.